The molecule has 12 heavy (non-hydrogen) atoms. The maximum Gasteiger partial charge on any atom is 0.0332 e. The molecule has 0 heterocycles. The Labute approximate surface area is 73.9 Å². The van der Waals surface area contributed by atoms with Crippen molar-refractivity contribution in [3.05, 3.63) is 48.0 Å². The lowest BCUT2D eigenvalue weighted by molar-refractivity contribution is 0.717. The minimum atomic E-state index is 0.101. The predicted octanol–water partition coefficient (Wildman–Crippen LogP) is 2.65. The van der Waals surface area contributed by atoms with E-state index in [1.165, 1.54) is 5.56 Å². The third-order valence-electron chi connectivity index (χ3n) is 1.80. The van der Waals surface area contributed by atoms with Gasteiger partial charge in [0.05, 0.1) is 0 Å². The van der Waals surface area contributed by atoms with Gasteiger partial charge in [0.15, 0.2) is 0 Å². The molecular formula is C11H15N. The molecule has 1 aromatic rings. The van der Waals surface area contributed by atoms with Crippen molar-refractivity contribution in [1.29, 1.82) is 0 Å². The van der Waals surface area contributed by atoms with Crippen LogP contribution < -0.4 is 5.73 Å². The Morgan fingerprint density at radius 1 is 1.42 bits per heavy atom. The smallest absolute Gasteiger partial charge is 0.0332 e. The second-order valence-corrected chi connectivity index (χ2v) is 3.18. The van der Waals surface area contributed by atoms with Gasteiger partial charge in [-0.3, -0.25) is 0 Å². The fourth-order valence-corrected chi connectivity index (χ4v) is 1.19. The maximum absolute atomic E-state index is 5.94. The molecule has 0 spiro atoms. The van der Waals surface area contributed by atoms with Crippen molar-refractivity contribution in [1.82, 2.24) is 0 Å². The highest BCUT2D eigenvalue weighted by Crippen LogP contribution is 2.16. The molecule has 1 aromatic carbocycles. The molecule has 1 atom stereocenters. The van der Waals surface area contributed by atoms with Crippen molar-refractivity contribution in [3.63, 3.8) is 0 Å². The zero-order chi connectivity index (χ0) is 8.97. The van der Waals surface area contributed by atoms with Crippen LogP contribution in [0.3, 0.4) is 0 Å². The van der Waals surface area contributed by atoms with Crippen LogP contribution in [-0.4, -0.2) is 0 Å². The molecule has 0 aromatic heterocycles. The molecule has 0 bridgehead atoms. The van der Waals surface area contributed by atoms with Crippen molar-refractivity contribution >= 4 is 0 Å². The number of benzene rings is 1. The molecule has 0 fully saturated rings. The second kappa shape index (κ2) is 4.07. The van der Waals surface area contributed by atoms with Crippen molar-refractivity contribution in [2.24, 2.45) is 5.73 Å². The SMILES string of the molecule is C=C(C)C[C@@H](N)c1ccccc1. The Hall–Kier alpha value is -1.08. The third-order valence-corrected chi connectivity index (χ3v) is 1.80. The molecule has 0 saturated heterocycles. The quantitative estimate of drug-likeness (QED) is 0.678. The van der Waals surface area contributed by atoms with E-state index in [9.17, 15) is 0 Å². The highest BCUT2D eigenvalue weighted by Gasteiger charge is 2.03. The Morgan fingerprint density at radius 2 is 2.00 bits per heavy atom. The standard InChI is InChI=1S/C11H15N/c1-9(2)8-11(12)10-6-4-3-5-7-10/h3-7,11H,1,8,12H2,2H3/t11-/m1/s1. The summed E-state index contributed by atoms with van der Waals surface area (Å²) < 4.78 is 0. The van der Waals surface area contributed by atoms with Crippen molar-refractivity contribution in [2.75, 3.05) is 0 Å². The monoisotopic (exact) mass is 161 g/mol. The van der Waals surface area contributed by atoms with Crippen LogP contribution in [0.4, 0.5) is 0 Å². The molecule has 2 N–H and O–H groups in total. The van der Waals surface area contributed by atoms with E-state index in [4.69, 9.17) is 5.73 Å². The summed E-state index contributed by atoms with van der Waals surface area (Å²) in [5.74, 6) is 0. The van der Waals surface area contributed by atoms with Crippen molar-refractivity contribution in [3.8, 4) is 0 Å². The summed E-state index contributed by atoms with van der Waals surface area (Å²) in [6.07, 6.45) is 0.865. The molecule has 0 aliphatic rings. The minimum Gasteiger partial charge on any atom is -0.324 e. The van der Waals surface area contributed by atoms with E-state index >= 15 is 0 Å². The lowest BCUT2D eigenvalue weighted by Gasteiger charge is -2.10. The van der Waals surface area contributed by atoms with Crippen LogP contribution in [0.2, 0.25) is 0 Å². The highest BCUT2D eigenvalue weighted by atomic mass is 14.6. The molecule has 0 radical (unpaired) electrons. The number of rotatable bonds is 3. The zero-order valence-corrected chi connectivity index (χ0v) is 7.46. The highest BCUT2D eigenvalue weighted by molar-refractivity contribution is 5.19. The van der Waals surface area contributed by atoms with Crippen molar-refractivity contribution in [2.45, 2.75) is 19.4 Å². The topological polar surface area (TPSA) is 26.0 Å². The molecule has 1 heteroatoms. The van der Waals surface area contributed by atoms with E-state index in [1.807, 2.05) is 37.3 Å². The predicted molar refractivity (Wildman–Crippen MR) is 52.8 cm³/mol. The molecule has 0 aliphatic carbocycles. The van der Waals surface area contributed by atoms with Crippen molar-refractivity contribution < 1.29 is 0 Å². The van der Waals surface area contributed by atoms with Crippen LogP contribution in [0.15, 0.2) is 42.5 Å². The van der Waals surface area contributed by atoms with Gasteiger partial charge in [0, 0.05) is 6.04 Å². The van der Waals surface area contributed by atoms with Gasteiger partial charge < -0.3 is 5.73 Å². The van der Waals surface area contributed by atoms with E-state index in [0.717, 1.165) is 12.0 Å². The maximum atomic E-state index is 5.94. The normalized spacial score (nSPS) is 12.5. The van der Waals surface area contributed by atoms with Gasteiger partial charge in [0.2, 0.25) is 0 Å². The summed E-state index contributed by atoms with van der Waals surface area (Å²) in [4.78, 5) is 0. The number of nitrogens with two attached hydrogens (primary N) is 1. The second-order valence-electron chi connectivity index (χ2n) is 3.18. The van der Waals surface area contributed by atoms with E-state index in [-0.39, 0.29) is 6.04 Å². The van der Waals surface area contributed by atoms with Gasteiger partial charge in [0.1, 0.15) is 0 Å². The Kier molecular flexibility index (Phi) is 3.06. The lowest BCUT2D eigenvalue weighted by Crippen LogP contribution is -2.09. The van der Waals surface area contributed by atoms with Crippen LogP contribution in [0.1, 0.15) is 24.9 Å². The Bertz CT molecular complexity index is 251. The first-order chi connectivity index (χ1) is 5.70. The van der Waals surface area contributed by atoms with Gasteiger partial charge >= 0.3 is 0 Å². The van der Waals surface area contributed by atoms with Gasteiger partial charge in [-0.25, -0.2) is 0 Å². The van der Waals surface area contributed by atoms with Crippen LogP contribution in [0, 0.1) is 0 Å². The largest absolute Gasteiger partial charge is 0.324 e. The minimum absolute atomic E-state index is 0.101. The van der Waals surface area contributed by atoms with Crippen LogP contribution in [-0.2, 0) is 0 Å². The van der Waals surface area contributed by atoms with E-state index in [2.05, 4.69) is 6.58 Å². The average Bonchev–Trinajstić information content (AvgIpc) is 2.05. The summed E-state index contributed by atoms with van der Waals surface area (Å²) >= 11 is 0. The zero-order valence-electron chi connectivity index (χ0n) is 7.46. The fraction of sp³-hybridized carbons (Fsp3) is 0.273. The average molecular weight is 161 g/mol. The molecule has 0 unspecified atom stereocenters. The van der Waals surface area contributed by atoms with E-state index < -0.39 is 0 Å². The number of hydrogen-bond donors (Lipinski definition) is 1. The van der Waals surface area contributed by atoms with E-state index in [0.29, 0.717) is 0 Å². The first-order valence-electron chi connectivity index (χ1n) is 4.15. The van der Waals surface area contributed by atoms with Crippen LogP contribution in [0.5, 0.6) is 0 Å². The molecule has 64 valence electrons. The molecule has 1 nitrogen and oxygen atoms in total. The summed E-state index contributed by atoms with van der Waals surface area (Å²) in [6, 6.07) is 10.2. The molecular weight excluding hydrogens is 146 g/mol. The number of hydrogen-bond acceptors (Lipinski definition) is 1. The van der Waals surface area contributed by atoms with Crippen LogP contribution >= 0.6 is 0 Å². The van der Waals surface area contributed by atoms with Gasteiger partial charge in [-0.15, -0.1) is 6.58 Å². The van der Waals surface area contributed by atoms with E-state index in [1.54, 1.807) is 0 Å². The molecule has 0 saturated carbocycles. The molecule has 0 amide bonds. The summed E-state index contributed by atoms with van der Waals surface area (Å²) in [6.45, 7) is 5.84. The van der Waals surface area contributed by atoms with Gasteiger partial charge in [-0.2, -0.15) is 0 Å². The molecule has 1 rings (SSSR count). The van der Waals surface area contributed by atoms with Crippen LogP contribution in [0.25, 0.3) is 0 Å². The first kappa shape index (κ1) is 9.01. The summed E-state index contributed by atoms with van der Waals surface area (Å²) in [5.41, 5.74) is 8.25. The molecule has 0 aliphatic heterocycles. The fourth-order valence-electron chi connectivity index (χ4n) is 1.19. The van der Waals surface area contributed by atoms with Gasteiger partial charge in [-0.1, -0.05) is 35.9 Å². The Morgan fingerprint density at radius 3 is 2.50 bits per heavy atom. The summed E-state index contributed by atoms with van der Waals surface area (Å²) in [7, 11) is 0. The first-order valence-corrected chi connectivity index (χ1v) is 4.15. The lowest BCUT2D eigenvalue weighted by atomic mass is 10.0. The van der Waals surface area contributed by atoms with Gasteiger partial charge in [-0.05, 0) is 18.9 Å². The Balaban J connectivity index is 2.65. The van der Waals surface area contributed by atoms with Gasteiger partial charge in [0.25, 0.3) is 0 Å². The summed E-state index contributed by atoms with van der Waals surface area (Å²) in [5, 5.41) is 0. The third kappa shape index (κ3) is 2.51.